The van der Waals surface area contributed by atoms with Crippen molar-refractivity contribution < 1.29 is 32.3 Å². The highest BCUT2D eigenvalue weighted by atomic mass is 31.2. The highest BCUT2D eigenvalue weighted by Crippen LogP contribution is 2.46. The Labute approximate surface area is 121 Å². The minimum atomic E-state index is -3.56. The summed E-state index contributed by atoms with van der Waals surface area (Å²) in [5.74, 6) is 0. The Hall–Kier alpha value is 0.260. The molecule has 0 fully saturated rings. The predicted molar refractivity (Wildman–Crippen MR) is 77.4 cm³/mol. The molecule has 20 heavy (non-hydrogen) atoms. The third-order valence-electron chi connectivity index (χ3n) is 1.97. The zero-order valence-corrected chi connectivity index (χ0v) is 14.7. The van der Waals surface area contributed by atoms with Gasteiger partial charge in [-0.05, 0) is 27.7 Å². The minimum absolute atomic E-state index is 0.0568. The number of hydrogen-bond donors (Lipinski definition) is 1. The molecule has 0 aliphatic heterocycles. The summed E-state index contributed by atoms with van der Waals surface area (Å²) in [6, 6.07) is 0. The van der Waals surface area contributed by atoms with Crippen LogP contribution >= 0.6 is 15.2 Å². The van der Waals surface area contributed by atoms with Gasteiger partial charge in [0.1, 0.15) is 0 Å². The molecule has 0 saturated carbocycles. The molecular formula is C11H26O7P2. The summed E-state index contributed by atoms with van der Waals surface area (Å²) >= 11 is 0. The van der Waals surface area contributed by atoms with E-state index in [1.165, 1.54) is 6.66 Å². The molecule has 0 saturated heterocycles. The summed E-state index contributed by atoms with van der Waals surface area (Å²) in [5, 5.41) is 0. The second kappa shape index (κ2) is 8.64. The topological polar surface area (TPSA) is 91.3 Å². The van der Waals surface area contributed by atoms with Crippen molar-refractivity contribution >= 4 is 15.2 Å². The average molecular weight is 332 g/mol. The highest BCUT2D eigenvalue weighted by Gasteiger charge is 2.23. The van der Waals surface area contributed by atoms with Crippen molar-refractivity contribution in [2.45, 2.75) is 46.0 Å². The summed E-state index contributed by atoms with van der Waals surface area (Å²) in [4.78, 5) is 8.99. The molecule has 122 valence electrons. The highest BCUT2D eigenvalue weighted by molar-refractivity contribution is 7.53. The van der Waals surface area contributed by atoms with Gasteiger partial charge in [-0.25, -0.2) is 0 Å². The van der Waals surface area contributed by atoms with E-state index in [4.69, 9.17) is 23.2 Å². The molecule has 0 aromatic rings. The second-order valence-electron chi connectivity index (χ2n) is 5.08. The van der Waals surface area contributed by atoms with E-state index in [1.54, 1.807) is 6.92 Å². The molecule has 0 spiro atoms. The van der Waals surface area contributed by atoms with Crippen LogP contribution in [0.25, 0.3) is 0 Å². The van der Waals surface area contributed by atoms with E-state index in [0.29, 0.717) is 0 Å². The van der Waals surface area contributed by atoms with Crippen molar-refractivity contribution in [1.82, 2.24) is 0 Å². The molecule has 0 heterocycles. The lowest BCUT2D eigenvalue weighted by atomic mass is 10.4. The lowest BCUT2D eigenvalue weighted by Crippen LogP contribution is -2.21. The van der Waals surface area contributed by atoms with Gasteiger partial charge >= 0.3 is 15.2 Å². The normalized spacial score (nSPS) is 21.2. The van der Waals surface area contributed by atoms with Crippen LogP contribution in [-0.2, 0) is 27.4 Å². The Morgan fingerprint density at radius 3 is 1.90 bits per heavy atom. The van der Waals surface area contributed by atoms with Gasteiger partial charge in [-0.15, -0.1) is 0 Å². The fourth-order valence-corrected chi connectivity index (χ4v) is 3.12. The van der Waals surface area contributed by atoms with Crippen molar-refractivity contribution in [2.24, 2.45) is 0 Å². The van der Waals surface area contributed by atoms with E-state index in [-0.39, 0.29) is 25.4 Å². The molecule has 0 radical (unpaired) electrons. The molecule has 0 bridgehead atoms. The molecule has 9 heteroatoms. The van der Waals surface area contributed by atoms with Crippen LogP contribution < -0.4 is 0 Å². The first-order chi connectivity index (χ1) is 8.91. The van der Waals surface area contributed by atoms with Crippen molar-refractivity contribution in [2.75, 3.05) is 26.5 Å². The minimum Gasteiger partial charge on any atom is -0.373 e. The summed E-state index contributed by atoms with van der Waals surface area (Å²) < 4.78 is 43.6. The standard InChI is InChI=1S/C11H26O7P2/c1-9(2)17-10(3)7-16-20(6,14)18-11(4)8-15-19(5,12)13/h9-11H,7-8H2,1-6H3,(H,12,13). The van der Waals surface area contributed by atoms with Gasteiger partial charge in [0.05, 0.1) is 31.5 Å². The molecule has 0 amide bonds. The summed E-state index contributed by atoms with van der Waals surface area (Å²) in [6.07, 6.45) is -0.763. The van der Waals surface area contributed by atoms with Gasteiger partial charge in [0, 0.05) is 13.3 Å². The first kappa shape index (κ1) is 20.3. The molecule has 0 aromatic heterocycles. The molecule has 1 N–H and O–H groups in total. The second-order valence-corrected chi connectivity index (χ2v) is 8.95. The van der Waals surface area contributed by atoms with Gasteiger partial charge in [-0.1, -0.05) is 0 Å². The smallest absolute Gasteiger partial charge is 0.328 e. The summed E-state index contributed by atoms with van der Waals surface area (Å²) in [6.45, 7) is 9.62. The van der Waals surface area contributed by atoms with Gasteiger partial charge < -0.3 is 23.2 Å². The van der Waals surface area contributed by atoms with Crippen LogP contribution in [0.1, 0.15) is 27.7 Å². The predicted octanol–water partition coefficient (Wildman–Crippen LogP) is 2.88. The fraction of sp³-hybridized carbons (Fsp3) is 1.00. The van der Waals surface area contributed by atoms with Crippen molar-refractivity contribution in [3.8, 4) is 0 Å². The fourth-order valence-electron chi connectivity index (χ4n) is 1.38. The zero-order chi connectivity index (χ0) is 16.0. The van der Waals surface area contributed by atoms with Crippen LogP contribution in [0.5, 0.6) is 0 Å². The van der Waals surface area contributed by atoms with E-state index < -0.39 is 21.3 Å². The van der Waals surface area contributed by atoms with E-state index in [1.807, 2.05) is 20.8 Å². The van der Waals surface area contributed by atoms with Gasteiger partial charge in [0.2, 0.25) is 0 Å². The first-order valence-electron chi connectivity index (χ1n) is 6.42. The van der Waals surface area contributed by atoms with Crippen LogP contribution in [0.2, 0.25) is 0 Å². The number of hydrogen-bond acceptors (Lipinski definition) is 6. The summed E-state index contributed by atoms with van der Waals surface area (Å²) in [7, 11) is -6.82. The maximum atomic E-state index is 12.1. The van der Waals surface area contributed by atoms with Crippen molar-refractivity contribution in [3.63, 3.8) is 0 Å². The molecule has 0 aliphatic carbocycles. The van der Waals surface area contributed by atoms with Gasteiger partial charge in [-0.3, -0.25) is 9.13 Å². The van der Waals surface area contributed by atoms with E-state index in [0.717, 1.165) is 6.66 Å². The first-order valence-corrected chi connectivity index (χ1v) is 10.4. The Balaban J connectivity index is 4.11. The van der Waals surface area contributed by atoms with Crippen LogP contribution in [0, 0.1) is 0 Å². The number of ether oxygens (including phenoxy) is 1. The Bertz CT molecular complexity index is 366. The van der Waals surface area contributed by atoms with Crippen LogP contribution in [0.3, 0.4) is 0 Å². The molecule has 7 nitrogen and oxygen atoms in total. The quantitative estimate of drug-likeness (QED) is 0.615. The lowest BCUT2D eigenvalue weighted by molar-refractivity contribution is -0.0114. The summed E-state index contributed by atoms with van der Waals surface area (Å²) in [5.41, 5.74) is 0. The van der Waals surface area contributed by atoms with Gasteiger partial charge in [-0.2, -0.15) is 0 Å². The van der Waals surface area contributed by atoms with E-state index in [9.17, 15) is 9.13 Å². The molecule has 0 rings (SSSR count). The van der Waals surface area contributed by atoms with E-state index >= 15 is 0 Å². The monoisotopic (exact) mass is 332 g/mol. The number of rotatable bonds is 10. The maximum absolute atomic E-state index is 12.1. The Kier molecular flexibility index (Phi) is 8.75. The van der Waals surface area contributed by atoms with Crippen molar-refractivity contribution in [3.05, 3.63) is 0 Å². The molecule has 4 atom stereocenters. The zero-order valence-electron chi connectivity index (χ0n) is 12.9. The maximum Gasteiger partial charge on any atom is 0.328 e. The van der Waals surface area contributed by atoms with Crippen LogP contribution in [-0.4, -0.2) is 49.7 Å². The Morgan fingerprint density at radius 1 is 0.950 bits per heavy atom. The molecular weight excluding hydrogens is 306 g/mol. The van der Waals surface area contributed by atoms with Gasteiger partial charge in [0.15, 0.2) is 0 Å². The largest absolute Gasteiger partial charge is 0.373 e. The molecule has 0 aliphatic rings. The van der Waals surface area contributed by atoms with Crippen LogP contribution in [0.4, 0.5) is 0 Å². The average Bonchev–Trinajstić information content (AvgIpc) is 2.21. The third-order valence-corrected chi connectivity index (χ3v) is 3.96. The van der Waals surface area contributed by atoms with Crippen molar-refractivity contribution in [1.29, 1.82) is 0 Å². The molecule has 0 aromatic carbocycles. The van der Waals surface area contributed by atoms with Crippen LogP contribution in [0.15, 0.2) is 0 Å². The molecule has 4 unspecified atom stereocenters. The SMILES string of the molecule is CC(C)OC(C)COP(C)(=O)OC(C)COP(C)(=O)O. The Morgan fingerprint density at radius 2 is 1.45 bits per heavy atom. The third kappa shape index (κ3) is 12.0. The lowest BCUT2D eigenvalue weighted by Gasteiger charge is -2.22. The van der Waals surface area contributed by atoms with Gasteiger partial charge in [0.25, 0.3) is 0 Å². The van der Waals surface area contributed by atoms with E-state index in [2.05, 4.69) is 0 Å².